The van der Waals surface area contributed by atoms with E-state index in [0.717, 1.165) is 10.0 Å². The second-order valence-corrected chi connectivity index (χ2v) is 8.40. The molecular formula is C21H23BrFNO3. The number of ether oxygens (including phenoxy) is 2. The number of methoxy groups -OCH3 is 1. The molecule has 1 unspecified atom stereocenters. The van der Waals surface area contributed by atoms with Crippen LogP contribution in [0.2, 0.25) is 0 Å². The van der Waals surface area contributed by atoms with Crippen LogP contribution in [0.15, 0.2) is 40.9 Å². The first-order chi connectivity index (χ1) is 12.7. The minimum atomic E-state index is -0.655. The molecule has 0 fully saturated rings. The molecule has 0 N–H and O–H groups in total. The summed E-state index contributed by atoms with van der Waals surface area (Å²) in [6.07, 6.45) is 0.809. The zero-order valence-electron chi connectivity index (χ0n) is 15.9. The maximum atomic E-state index is 14.5. The van der Waals surface area contributed by atoms with Crippen LogP contribution in [0.4, 0.5) is 14.9 Å². The molecule has 0 aliphatic carbocycles. The van der Waals surface area contributed by atoms with Crippen molar-refractivity contribution in [2.75, 3.05) is 12.0 Å². The molecule has 0 radical (unpaired) electrons. The Hall–Kier alpha value is -2.08. The van der Waals surface area contributed by atoms with Gasteiger partial charge in [0.1, 0.15) is 17.2 Å². The molecule has 1 atom stereocenters. The van der Waals surface area contributed by atoms with Gasteiger partial charge in [-0.2, -0.15) is 0 Å². The van der Waals surface area contributed by atoms with Gasteiger partial charge in [0.2, 0.25) is 0 Å². The number of carbonyl (C=O) groups excluding carboxylic acids is 1. The SMILES string of the molecule is COc1cc2c(cc1Br)N(C(=O)OC(C)(C)C)C(c1ccccc1F)CC2. The van der Waals surface area contributed by atoms with Crippen LogP contribution in [0.3, 0.4) is 0 Å². The fourth-order valence-electron chi connectivity index (χ4n) is 3.33. The monoisotopic (exact) mass is 435 g/mol. The summed E-state index contributed by atoms with van der Waals surface area (Å²) < 4.78 is 26.3. The van der Waals surface area contributed by atoms with E-state index in [2.05, 4.69) is 15.9 Å². The van der Waals surface area contributed by atoms with E-state index in [1.165, 1.54) is 6.07 Å². The van der Waals surface area contributed by atoms with Gasteiger partial charge < -0.3 is 9.47 Å². The summed E-state index contributed by atoms with van der Waals surface area (Å²) in [7, 11) is 1.60. The molecule has 2 aromatic carbocycles. The van der Waals surface area contributed by atoms with Gasteiger partial charge in [-0.25, -0.2) is 9.18 Å². The number of anilines is 1. The third kappa shape index (κ3) is 4.10. The predicted molar refractivity (Wildman–Crippen MR) is 107 cm³/mol. The van der Waals surface area contributed by atoms with E-state index in [4.69, 9.17) is 9.47 Å². The molecular weight excluding hydrogens is 413 g/mol. The average molecular weight is 436 g/mol. The normalized spacial score (nSPS) is 16.7. The van der Waals surface area contributed by atoms with Crippen molar-refractivity contribution in [1.82, 2.24) is 0 Å². The summed E-state index contributed by atoms with van der Waals surface area (Å²) in [6.45, 7) is 5.45. The van der Waals surface area contributed by atoms with Crippen molar-refractivity contribution in [3.05, 3.63) is 57.8 Å². The number of aryl methyl sites for hydroxylation is 1. The number of amides is 1. The highest BCUT2D eigenvalue weighted by Crippen LogP contribution is 2.43. The Labute approximate surface area is 167 Å². The first-order valence-electron chi connectivity index (χ1n) is 8.84. The summed E-state index contributed by atoms with van der Waals surface area (Å²) >= 11 is 3.49. The highest BCUT2D eigenvalue weighted by molar-refractivity contribution is 9.10. The molecule has 0 bridgehead atoms. The number of hydrogen-bond acceptors (Lipinski definition) is 3. The standard InChI is InChI=1S/C21H23BrFNO3/c1-21(2,3)27-20(25)24-17(14-7-5-6-8-16(14)23)10-9-13-11-19(26-4)15(22)12-18(13)24/h5-8,11-12,17H,9-10H2,1-4H3. The summed E-state index contributed by atoms with van der Waals surface area (Å²) in [5.41, 5.74) is 1.50. The Morgan fingerprint density at radius 2 is 1.96 bits per heavy atom. The summed E-state index contributed by atoms with van der Waals surface area (Å²) in [4.78, 5) is 14.6. The zero-order valence-corrected chi connectivity index (χ0v) is 17.5. The van der Waals surface area contributed by atoms with E-state index >= 15 is 0 Å². The summed E-state index contributed by atoms with van der Waals surface area (Å²) in [5, 5.41) is 0. The van der Waals surface area contributed by atoms with Gasteiger partial charge in [0, 0.05) is 5.56 Å². The lowest BCUT2D eigenvalue weighted by Gasteiger charge is -2.38. The maximum Gasteiger partial charge on any atom is 0.415 e. The molecule has 1 heterocycles. The Balaban J connectivity index is 2.12. The Bertz CT molecular complexity index is 863. The fraction of sp³-hybridized carbons (Fsp3) is 0.381. The number of nitrogens with zero attached hydrogens (tertiary/aromatic N) is 1. The van der Waals surface area contributed by atoms with Crippen LogP contribution in [0.25, 0.3) is 0 Å². The van der Waals surface area contributed by atoms with Crippen LogP contribution in [0.5, 0.6) is 5.75 Å². The molecule has 2 aromatic rings. The van der Waals surface area contributed by atoms with E-state index in [1.54, 1.807) is 30.2 Å². The third-order valence-corrected chi connectivity index (χ3v) is 5.09. The van der Waals surface area contributed by atoms with Crippen LogP contribution < -0.4 is 9.64 Å². The number of hydrogen-bond donors (Lipinski definition) is 0. The smallest absolute Gasteiger partial charge is 0.415 e. The predicted octanol–water partition coefficient (Wildman–Crippen LogP) is 6.03. The molecule has 27 heavy (non-hydrogen) atoms. The van der Waals surface area contributed by atoms with E-state index in [1.807, 2.05) is 32.9 Å². The first-order valence-corrected chi connectivity index (χ1v) is 9.63. The van der Waals surface area contributed by atoms with Gasteiger partial charge in [-0.1, -0.05) is 18.2 Å². The lowest BCUT2D eigenvalue weighted by atomic mass is 9.91. The largest absolute Gasteiger partial charge is 0.496 e. The van der Waals surface area contributed by atoms with Gasteiger partial charge in [0.25, 0.3) is 0 Å². The van der Waals surface area contributed by atoms with E-state index in [-0.39, 0.29) is 5.82 Å². The molecule has 3 rings (SSSR count). The number of carbonyl (C=O) groups is 1. The number of fused-ring (bicyclic) bond motifs is 1. The van der Waals surface area contributed by atoms with Crippen molar-refractivity contribution >= 4 is 27.7 Å². The van der Waals surface area contributed by atoms with Crippen molar-refractivity contribution in [2.24, 2.45) is 0 Å². The molecule has 0 saturated heterocycles. The van der Waals surface area contributed by atoms with E-state index < -0.39 is 17.7 Å². The van der Waals surface area contributed by atoms with Crippen LogP contribution in [0.1, 0.15) is 44.4 Å². The Kier molecular flexibility index (Phi) is 5.47. The van der Waals surface area contributed by atoms with Crippen LogP contribution in [-0.4, -0.2) is 18.8 Å². The lowest BCUT2D eigenvalue weighted by Crippen LogP contribution is -2.42. The van der Waals surface area contributed by atoms with Gasteiger partial charge in [-0.15, -0.1) is 0 Å². The van der Waals surface area contributed by atoms with Crippen molar-refractivity contribution in [1.29, 1.82) is 0 Å². The molecule has 6 heteroatoms. The summed E-state index contributed by atoms with van der Waals surface area (Å²) in [5.74, 6) is 0.370. The second-order valence-electron chi connectivity index (χ2n) is 7.54. The highest BCUT2D eigenvalue weighted by atomic mass is 79.9. The van der Waals surface area contributed by atoms with Crippen LogP contribution in [-0.2, 0) is 11.2 Å². The Morgan fingerprint density at radius 1 is 1.26 bits per heavy atom. The first kappa shape index (κ1) is 19.7. The van der Waals surface area contributed by atoms with E-state index in [0.29, 0.717) is 29.8 Å². The number of rotatable bonds is 2. The van der Waals surface area contributed by atoms with Crippen molar-refractivity contribution in [3.63, 3.8) is 0 Å². The fourth-order valence-corrected chi connectivity index (χ4v) is 3.82. The lowest BCUT2D eigenvalue weighted by molar-refractivity contribution is 0.0559. The number of benzene rings is 2. The van der Waals surface area contributed by atoms with Crippen molar-refractivity contribution < 1.29 is 18.7 Å². The molecule has 4 nitrogen and oxygen atoms in total. The molecule has 144 valence electrons. The highest BCUT2D eigenvalue weighted by Gasteiger charge is 2.36. The van der Waals surface area contributed by atoms with Gasteiger partial charge in [0.15, 0.2) is 0 Å². The number of halogens is 2. The van der Waals surface area contributed by atoms with Crippen LogP contribution >= 0.6 is 15.9 Å². The third-order valence-electron chi connectivity index (χ3n) is 4.47. The quantitative estimate of drug-likeness (QED) is 0.578. The molecule has 1 aliphatic rings. The molecule has 0 spiro atoms. The zero-order chi connectivity index (χ0) is 19.8. The van der Waals surface area contributed by atoms with Gasteiger partial charge in [0.05, 0.1) is 23.3 Å². The minimum Gasteiger partial charge on any atom is -0.496 e. The average Bonchev–Trinajstić information content (AvgIpc) is 2.59. The van der Waals surface area contributed by atoms with Crippen molar-refractivity contribution in [3.8, 4) is 5.75 Å². The molecule has 1 amide bonds. The molecule has 0 saturated carbocycles. The van der Waals surface area contributed by atoms with Gasteiger partial charge >= 0.3 is 6.09 Å². The minimum absolute atomic E-state index is 0.327. The van der Waals surface area contributed by atoms with Gasteiger partial charge in [-0.05, 0) is 73.3 Å². The topological polar surface area (TPSA) is 38.8 Å². The van der Waals surface area contributed by atoms with Gasteiger partial charge in [-0.3, -0.25) is 4.90 Å². The maximum absolute atomic E-state index is 14.5. The Morgan fingerprint density at radius 3 is 2.59 bits per heavy atom. The van der Waals surface area contributed by atoms with E-state index in [9.17, 15) is 9.18 Å². The molecule has 1 aliphatic heterocycles. The second kappa shape index (κ2) is 7.50. The van der Waals surface area contributed by atoms with Crippen LogP contribution in [0, 0.1) is 5.82 Å². The van der Waals surface area contributed by atoms with Crippen molar-refractivity contribution in [2.45, 2.75) is 45.3 Å². The molecule has 0 aromatic heterocycles. The summed E-state index contributed by atoms with van der Waals surface area (Å²) in [6, 6.07) is 9.89.